The number of aromatic nitrogens is 2. The molecule has 1 fully saturated rings. The molecule has 1 saturated heterocycles. The van der Waals surface area contributed by atoms with Crippen LogP contribution in [0, 0.1) is 0 Å². The molecule has 1 N–H and O–H groups in total. The van der Waals surface area contributed by atoms with E-state index in [1.165, 1.54) is 0 Å². The van der Waals surface area contributed by atoms with Gasteiger partial charge in [-0.25, -0.2) is 9.97 Å². The van der Waals surface area contributed by atoms with E-state index in [1.807, 2.05) is 35.2 Å². The Labute approximate surface area is 155 Å². The van der Waals surface area contributed by atoms with Crippen LogP contribution in [0.1, 0.15) is 30.8 Å². The van der Waals surface area contributed by atoms with Crippen LogP contribution >= 0.6 is 0 Å². The van der Waals surface area contributed by atoms with E-state index in [4.69, 9.17) is 0 Å². The van der Waals surface area contributed by atoms with Crippen LogP contribution in [-0.4, -0.2) is 64.9 Å². The predicted octanol–water partition coefficient (Wildman–Crippen LogP) is 2.74. The minimum atomic E-state index is -0.0233. The van der Waals surface area contributed by atoms with E-state index in [1.54, 1.807) is 6.07 Å². The number of likely N-dealkylation sites (N-methyl/N-ethyl adjacent to an activating group) is 1. The SMILES string of the molecule is CCC(C)Nc1cc(C(=O)N2CCN(C)CC2)nc(-c2ccccc2)n1. The van der Waals surface area contributed by atoms with E-state index in [-0.39, 0.29) is 11.9 Å². The van der Waals surface area contributed by atoms with Crippen LogP contribution < -0.4 is 5.32 Å². The van der Waals surface area contributed by atoms with E-state index in [0.717, 1.165) is 38.2 Å². The van der Waals surface area contributed by atoms with E-state index in [0.29, 0.717) is 17.3 Å². The van der Waals surface area contributed by atoms with E-state index >= 15 is 0 Å². The van der Waals surface area contributed by atoms with Crippen molar-refractivity contribution >= 4 is 11.7 Å². The zero-order valence-corrected chi connectivity index (χ0v) is 15.8. The Bertz CT molecular complexity index is 741. The highest BCUT2D eigenvalue weighted by Crippen LogP contribution is 2.20. The second-order valence-corrected chi connectivity index (χ2v) is 6.88. The lowest BCUT2D eigenvalue weighted by Crippen LogP contribution is -2.47. The summed E-state index contributed by atoms with van der Waals surface area (Å²) < 4.78 is 0. The molecule has 0 spiro atoms. The monoisotopic (exact) mass is 353 g/mol. The van der Waals surface area contributed by atoms with Crippen molar-refractivity contribution in [2.45, 2.75) is 26.3 Å². The van der Waals surface area contributed by atoms with Crippen LogP contribution in [0.2, 0.25) is 0 Å². The summed E-state index contributed by atoms with van der Waals surface area (Å²) in [6.45, 7) is 7.46. The summed E-state index contributed by atoms with van der Waals surface area (Å²) in [5, 5.41) is 3.38. The quantitative estimate of drug-likeness (QED) is 0.896. The molecule has 0 bridgehead atoms. The van der Waals surface area contributed by atoms with Gasteiger partial charge in [-0.05, 0) is 20.4 Å². The van der Waals surface area contributed by atoms with Gasteiger partial charge in [0.1, 0.15) is 11.5 Å². The fraction of sp³-hybridized carbons (Fsp3) is 0.450. The molecule has 26 heavy (non-hydrogen) atoms. The molecule has 1 amide bonds. The number of nitrogens with one attached hydrogen (secondary N) is 1. The summed E-state index contributed by atoms with van der Waals surface area (Å²) in [4.78, 5) is 26.3. The van der Waals surface area contributed by atoms with Crippen molar-refractivity contribution in [1.29, 1.82) is 0 Å². The molecule has 0 saturated carbocycles. The molecule has 0 aliphatic carbocycles. The molecule has 1 aliphatic rings. The Morgan fingerprint density at radius 1 is 1.15 bits per heavy atom. The van der Waals surface area contributed by atoms with Gasteiger partial charge in [0.05, 0.1) is 0 Å². The molecule has 3 rings (SSSR count). The Hall–Kier alpha value is -2.47. The topological polar surface area (TPSA) is 61.4 Å². The first kappa shape index (κ1) is 18.3. The number of hydrogen-bond acceptors (Lipinski definition) is 5. The standard InChI is InChI=1S/C20H27N5O/c1-4-15(2)21-18-14-17(20(26)25-12-10-24(3)11-13-25)22-19(23-18)16-8-6-5-7-9-16/h5-9,14-15H,4,10-13H2,1-3H3,(H,21,22,23). The normalized spacial score (nSPS) is 16.3. The second kappa shape index (κ2) is 8.27. The van der Waals surface area contributed by atoms with Gasteiger partial charge in [0, 0.05) is 43.9 Å². The third-order valence-corrected chi connectivity index (χ3v) is 4.77. The van der Waals surface area contributed by atoms with Crippen molar-refractivity contribution < 1.29 is 4.79 Å². The first-order valence-corrected chi connectivity index (χ1v) is 9.25. The van der Waals surface area contributed by atoms with Crippen molar-refractivity contribution in [3.05, 3.63) is 42.1 Å². The van der Waals surface area contributed by atoms with Gasteiger partial charge < -0.3 is 15.1 Å². The molecule has 0 radical (unpaired) electrons. The Balaban J connectivity index is 1.92. The minimum Gasteiger partial charge on any atom is -0.367 e. The van der Waals surface area contributed by atoms with Crippen LogP contribution in [0.3, 0.4) is 0 Å². The molecule has 2 heterocycles. The summed E-state index contributed by atoms with van der Waals surface area (Å²) in [7, 11) is 2.08. The number of rotatable bonds is 5. The molecular formula is C20H27N5O. The molecule has 1 aromatic carbocycles. The number of anilines is 1. The Kier molecular flexibility index (Phi) is 5.83. The summed E-state index contributed by atoms with van der Waals surface area (Å²) >= 11 is 0. The lowest BCUT2D eigenvalue weighted by molar-refractivity contribution is 0.0658. The number of nitrogens with zero attached hydrogens (tertiary/aromatic N) is 4. The van der Waals surface area contributed by atoms with Gasteiger partial charge >= 0.3 is 0 Å². The van der Waals surface area contributed by atoms with E-state index < -0.39 is 0 Å². The van der Waals surface area contributed by atoms with Gasteiger partial charge in [0.2, 0.25) is 0 Å². The molecule has 138 valence electrons. The predicted molar refractivity (Wildman–Crippen MR) is 104 cm³/mol. The Morgan fingerprint density at radius 2 is 1.85 bits per heavy atom. The first-order chi connectivity index (χ1) is 12.6. The molecule has 6 heteroatoms. The van der Waals surface area contributed by atoms with Crippen LogP contribution in [-0.2, 0) is 0 Å². The lowest BCUT2D eigenvalue weighted by atomic mass is 10.2. The number of amides is 1. The Morgan fingerprint density at radius 3 is 2.50 bits per heavy atom. The summed E-state index contributed by atoms with van der Waals surface area (Å²) in [5.74, 6) is 1.26. The number of carbonyl (C=O) groups is 1. The molecule has 1 aromatic heterocycles. The number of carbonyl (C=O) groups excluding carboxylic acids is 1. The van der Waals surface area contributed by atoms with Gasteiger partial charge in [-0.1, -0.05) is 37.3 Å². The lowest BCUT2D eigenvalue weighted by Gasteiger charge is -2.32. The fourth-order valence-corrected chi connectivity index (χ4v) is 2.87. The summed E-state index contributed by atoms with van der Waals surface area (Å²) in [5.41, 5.74) is 1.36. The van der Waals surface area contributed by atoms with Gasteiger partial charge in [0.25, 0.3) is 5.91 Å². The molecule has 1 unspecified atom stereocenters. The van der Waals surface area contributed by atoms with Gasteiger partial charge in [0.15, 0.2) is 5.82 Å². The summed E-state index contributed by atoms with van der Waals surface area (Å²) in [6, 6.07) is 11.9. The third kappa shape index (κ3) is 4.38. The van der Waals surface area contributed by atoms with Gasteiger partial charge in [-0.15, -0.1) is 0 Å². The van der Waals surface area contributed by atoms with E-state index in [9.17, 15) is 4.79 Å². The van der Waals surface area contributed by atoms with Crippen LogP contribution in [0.5, 0.6) is 0 Å². The van der Waals surface area contributed by atoms with Crippen LogP contribution in [0.4, 0.5) is 5.82 Å². The average molecular weight is 353 g/mol. The highest BCUT2D eigenvalue weighted by atomic mass is 16.2. The van der Waals surface area contributed by atoms with Crippen molar-refractivity contribution in [1.82, 2.24) is 19.8 Å². The maximum atomic E-state index is 13.0. The fourth-order valence-electron chi connectivity index (χ4n) is 2.87. The minimum absolute atomic E-state index is 0.0233. The number of benzene rings is 1. The first-order valence-electron chi connectivity index (χ1n) is 9.25. The molecule has 6 nitrogen and oxygen atoms in total. The van der Waals surface area contributed by atoms with Crippen molar-refractivity contribution in [2.75, 3.05) is 38.5 Å². The highest BCUT2D eigenvalue weighted by molar-refractivity contribution is 5.93. The largest absolute Gasteiger partial charge is 0.367 e. The highest BCUT2D eigenvalue weighted by Gasteiger charge is 2.23. The second-order valence-electron chi connectivity index (χ2n) is 6.88. The molecule has 1 aliphatic heterocycles. The smallest absolute Gasteiger partial charge is 0.272 e. The van der Waals surface area contributed by atoms with Crippen molar-refractivity contribution in [2.24, 2.45) is 0 Å². The van der Waals surface area contributed by atoms with Gasteiger partial charge in [-0.3, -0.25) is 4.79 Å². The van der Waals surface area contributed by atoms with Crippen molar-refractivity contribution in [3.63, 3.8) is 0 Å². The molecule has 1 atom stereocenters. The average Bonchev–Trinajstić information content (AvgIpc) is 2.68. The number of piperazine rings is 1. The maximum Gasteiger partial charge on any atom is 0.272 e. The zero-order chi connectivity index (χ0) is 18.5. The zero-order valence-electron chi connectivity index (χ0n) is 15.8. The third-order valence-electron chi connectivity index (χ3n) is 4.77. The molecular weight excluding hydrogens is 326 g/mol. The van der Waals surface area contributed by atoms with Crippen molar-refractivity contribution in [3.8, 4) is 11.4 Å². The van der Waals surface area contributed by atoms with Crippen LogP contribution in [0.25, 0.3) is 11.4 Å². The van der Waals surface area contributed by atoms with Gasteiger partial charge in [-0.2, -0.15) is 0 Å². The summed E-state index contributed by atoms with van der Waals surface area (Å²) in [6.07, 6.45) is 0.979. The number of hydrogen-bond donors (Lipinski definition) is 1. The van der Waals surface area contributed by atoms with E-state index in [2.05, 4.69) is 41.1 Å². The molecule has 2 aromatic rings. The maximum absolute atomic E-state index is 13.0. The van der Waals surface area contributed by atoms with Crippen LogP contribution in [0.15, 0.2) is 36.4 Å².